The lowest BCUT2D eigenvalue weighted by atomic mass is 9.83. The van der Waals surface area contributed by atoms with Gasteiger partial charge in [-0.1, -0.05) is 38.4 Å². The average Bonchev–Trinajstić information content (AvgIpc) is 2.38. The Morgan fingerprint density at radius 3 is 2.70 bits per heavy atom. The molecule has 0 radical (unpaired) electrons. The summed E-state index contributed by atoms with van der Waals surface area (Å²) in [6.45, 7) is 12.5. The lowest BCUT2D eigenvalue weighted by Crippen LogP contribution is -2.34. The van der Waals surface area contributed by atoms with Crippen molar-refractivity contribution in [3.8, 4) is 5.75 Å². The summed E-state index contributed by atoms with van der Waals surface area (Å²) in [6, 6.07) is 5.75. The predicted octanol–water partition coefficient (Wildman–Crippen LogP) is 4.33. The summed E-state index contributed by atoms with van der Waals surface area (Å²) in [6.07, 6.45) is 2.87. The van der Waals surface area contributed by atoms with Crippen LogP contribution in [0.5, 0.6) is 5.75 Å². The molecule has 1 rings (SSSR count). The predicted molar refractivity (Wildman–Crippen MR) is 87.7 cm³/mol. The third-order valence-corrected chi connectivity index (χ3v) is 3.65. The van der Waals surface area contributed by atoms with Crippen LogP contribution in [0.3, 0.4) is 0 Å². The molecule has 1 unspecified atom stereocenters. The van der Waals surface area contributed by atoms with Crippen LogP contribution in [-0.2, 0) is 6.42 Å². The van der Waals surface area contributed by atoms with Crippen molar-refractivity contribution in [2.45, 2.75) is 27.2 Å². The summed E-state index contributed by atoms with van der Waals surface area (Å²) < 4.78 is 5.42. The molecule has 3 heteroatoms. The number of halogens is 1. The summed E-state index contributed by atoms with van der Waals surface area (Å²) in [5.41, 5.74) is 1.10. The van der Waals surface area contributed by atoms with Gasteiger partial charge in [-0.2, -0.15) is 0 Å². The fraction of sp³-hybridized carbons (Fsp3) is 0.529. The van der Waals surface area contributed by atoms with E-state index in [1.807, 2.05) is 24.3 Å². The maximum Gasteiger partial charge on any atom is 0.122 e. The molecule has 0 heterocycles. The lowest BCUT2D eigenvalue weighted by molar-refractivity contribution is 0.363. The van der Waals surface area contributed by atoms with Crippen LogP contribution in [0.1, 0.15) is 26.3 Å². The second-order valence-corrected chi connectivity index (χ2v) is 6.45. The molecule has 0 saturated heterocycles. The highest BCUT2D eigenvalue weighted by molar-refractivity contribution is 6.30. The molecule has 0 aliphatic carbocycles. The summed E-state index contributed by atoms with van der Waals surface area (Å²) in [7, 11) is 1.69. The first-order chi connectivity index (χ1) is 9.40. The Hall–Kier alpha value is -0.990. The van der Waals surface area contributed by atoms with E-state index in [0.29, 0.717) is 5.92 Å². The number of hydrogen-bond donors (Lipinski definition) is 1. The quantitative estimate of drug-likeness (QED) is 0.721. The van der Waals surface area contributed by atoms with E-state index in [9.17, 15) is 0 Å². The van der Waals surface area contributed by atoms with Crippen molar-refractivity contribution in [1.29, 1.82) is 0 Å². The van der Waals surface area contributed by atoms with Crippen molar-refractivity contribution in [2.24, 2.45) is 11.3 Å². The second-order valence-electron chi connectivity index (χ2n) is 6.02. The summed E-state index contributed by atoms with van der Waals surface area (Å²) in [5, 5.41) is 4.24. The number of rotatable bonds is 8. The molecule has 0 spiro atoms. The van der Waals surface area contributed by atoms with Crippen molar-refractivity contribution < 1.29 is 4.74 Å². The van der Waals surface area contributed by atoms with Gasteiger partial charge in [0, 0.05) is 17.0 Å². The zero-order valence-electron chi connectivity index (χ0n) is 13.0. The normalized spacial score (nSPS) is 14.1. The average molecular weight is 296 g/mol. The minimum absolute atomic E-state index is 0.0210. The largest absolute Gasteiger partial charge is 0.496 e. The van der Waals surface area contributed by atoms with Gasteiger partial charge in [-0.3, -0.25) is 0 Å². The van der Waals surface area contributed by atoms with E-state index in [0.717, 1.165) is 35.8 Å². The van der Waals surface area contributed by atoms with Gasteiger partial charge in [-0.25, -0.2) is 0 Å². The molecule has 0 amide bonds. The number of ether oxygens (including phenoxy) is 1. The maximum absolute atomic E-state index is 6.09. The molecule has 1 N–H and O–H groups in total. The number of hydrogen-bond acceptors (Lipinski definition) is 2. The Morgan fingerprint density at radius 1 is 1.45 bits per heavy atom. The molecule has 0 bridgehead atoms. The van der Waals surface area contributed by atoms with Gasteiger partial charge in [0.05, 0.1) is 7.11 Å². The molecule has 20 heavy (non-hydrogen) atoms. The molecule has 1 aromatic rings. The topological polar surface area (TPSA) is 21.3 Å². The molecule has 0 fully saturated rings. The van der Waals surface area contributed by atoms with Crippen molar-refractivity contribution in [1.82, 2.24) is 5.32 Å². The Balaban J connectivity index is 2.81. The number of nitrogens with one attached hydrogen (secondary N) is 1. The molecule has 0 aliphatic heterocycles. The SMILES string of the molecule is C=CC(C)(CNCC(C)C)Cc1cc(Cl)ccc1OC. The van der Waals surface area contributed by atoms with Gasteiger partial charge in [0.1, 0.15) is 5.75 Å². The fourth-order valence-corrected chi connectivity index (χ4v) is 2.37. The van der Waals surface area contributed by atoms with Crippen LogP contribution in [0, 0.1) is 11.3 Å². The Bertz CT molecular complexity index is 445. The van der Waals surface area contributed by atoms with Crippen LogP contribution in [0.15, 0.2) is 30.9 Å². The summed E-state index contributed by atoms with van der Waals surface area (Å²) >= 11 is 6.09. The van der Waals surface area contributed by atoms with Crippen LogP contribution in [0.4, 0.5) is 0 Å². The third-order valence-electron chi connectivity index (χ3n) is 3.41. The molecular formula is C17H26ClNO. The Kier molecular flexibility index (Phi) is 6.57. The maximum atomic E-state index is 6.09. The first kappa shape index (κ1) is 17.1. The van der Waals surface area contributed by atoms with Gasteiger partial charge in [0.2, 0.25) is 0 Å². The molecule has 0 aliphatic rings. The van der Waals surface area contributed by atoms with Crippen molar-refractivity contribution >= 4 is 11.6 Å². The molecule has 1 aromatic carbocycles. The van der Waals surface area contributed by atoms with Crippen LogP contribution in [0.2, 0.25) is 5.02 Å². The van der Waals surface area contributed by atoms with Gasteiger partial charge in [0.25, 0.3) is 0 Å². The smallest absolute Gasteiger partial charge is 0.122 e. The third kappa shape index (κ3) is 5.18. The van der Waals surface area contributed by atoms with E-state index in [1.54, 1.807) is 7.11 Å². The van der Waals surface area contributed by atoms with E-state index in [4.69, 9.17) is 16.3 Å². The zero-order valence-corrected chi connectivity index (χ0v) is 13.8. The molecular weight excluding hydrogens is 270 g/mol. The molecule has 2 nitrogen and oxygen atoms in total. The Morgan fingerprint density at radius 2 is 2.15 bits per heavy atom. The van der Waals surface area contributed by atoms with Gasteiger partial charge in [0.15, 0.2) is 0 Å². The van der Waals surface area contributed by atoms with E-state index in [-0.39, 0.29) is 5.41 Å². The van der Waals surface area contributed by atoms with E-state index in [2.05, 4.69) is 32.7 Å². The van der Waals surface area contributed by atoms with E-state index in [1.165, 1.54) is 0 Å². The summed E-state index contributed by atoms with van der Waals surface area (Å²) in [4.78, 5) is 0. The zero-order chi connectivity index (χ0) is 15.2. The van der Waals surface area contributed by atoms with Crippen LogP contribution >= 0.6 is 11.6 Å². The highest BCUT2D eigenvalue weighted by atomic mass is 35.5. The van der Waals surface area contributed by atoms with Crippen LogP contribution in [-0.4, -0.2) is 20.2 Å². The highest BCUT2D eigenvalue weighted by Crippen LogP contribution is 2.30. The minimum atomic E-state index is -0.0210. The van der Waals surface area contributed by atoms with E-state index >= 15 is 0 Å². The van der Waals surface area contributed by atoms with Crippen molar-refractivity contribution in [3.05, 3.63) is 41.4 Å². The lowest BCUT2D eigenvalue weighted by Gasteiger charge is -2.27. The monoisotopic (exact) mass is 295 g/mol. The van der Waals surface area contributed by atoms with Gasteiger partial charge < -0.3 is 10.1 Å². The minimum Gasteiger partial charge on any atom is -0.496 e. The van der Waals surface area contributed by atoms with Crippen LogP contribution < -0.4 is 10.1 Å². The van der Waals surface area contributed by atoms with Gasteiger partial charge in [-0.05, 0) is 42.6 Å². The highest BCUT2D eigenvalue weighted by Gasteiger charge is 2.22. The molecule has 0 aromatic heterocycles. The van der Waals surface area contributed by atoms with Gasteiger partial charge in [-0.15, -0.1) is 6.58 Å². The van der Waals surface area contributed by atoms with Crippen LogP contribution in [0.25, 0.3) is 0 Å². The molecule has 112 valence electrons. The summed E-state index contributed by atoms with van der Waals surface area (Å²) in [5.74, 6) is 1.52. The number of methoxy groups -OCH3 is 1. The van der Waals surface area contributed by atoms with Crippen molar-refractivity contribution in [3.63, 3.8) is 0 Å². The fourth-order valence-electron chi connectivity index (χ4n) is 2.17. The second kappa shape index (κ2) is 7.70. The van der Waals surface area contributed by atoms with Crippen molar-refractivity contribution in [2.75, 3.05) is 20.2 Å². The number of benzene rings is 1. The molecule has 0 saturated carbocycles. The first-order valence-corrected chi connectivity index (χ1v) is 7.44. The Labute approximate surface area is 128 Å². The first-order valence-electron chi connectivity index (χ1n) is 7.07. The van der Waals surface area contributed by atoms with Gasteiger partial charge >= 0.3 is 0 Å². The van der Waals surface area contributed by atoms with E-state index < -0.39 is 0 Å². The molecule has 1 atom stereocenters. The standard InChI is InChI=1S/C17H26ClNO/c1-6-17(4,12-19-11-13(2)3)10-14-9-15(18)7-8-16(14)20-5/h6-9,13,19H,1,10-12H2,2-5H3.